The first kappa shape index (κ1) is 18.2. The number of hydrogen-bond acceptors (Lipinski definition) is 6. The summed E-state index contributed by atoms with van der Waals surface area (Å²) in [5.74, 6) is 1.08. The second-order valence-corrected chi connectivity index (χ2v) is 6.32. The van der Waals surface area contributed by atoms with Crippen molar-refractivity contribution in [2.75, 3.05) is 17.2 Å². The molecule has 0 spiro atoms. The van der Waals surface area contributed by atoms with Gasteiger partial charge < -0.3 is 15.2 Å². The van der Waals surface area contributed by atoms with Gasteiger partial charge in [0.25, 0.3) is 5.91 Å². The second-order valence-electron chi connectivity index (χ2n) is 5.48. The molecule has 7 nitrogen and oxygen atoms in total. The molecule has 0 saturated heterocycles. The molecule has 0 aliphatic carbocycles. The number of anilines is 2. The third-order valence-electron chi connectivity index (χ3n) is 3.47. The van der Waals surface area contributed by atoms with Crippen molar-refractivity contribution in [1.29, 1.82) is 0 Å². The van der Waals surface area contributed by atoms with Gasteiger partial charge in [-0.05, 0) is 31.0 Å². The lowest BCUT2D eigenvalue weighted by Gasteiger charge is -2.07. The number of aryl methyl sites for hydroxylation is 1. The minimum Gasteiger partial charge on any atom is -0.368 e. The van der Waals surface area contributed by atoms with Gasteiger partial charge in [-0.15, -0.1) is 0 Å². The van der Waals surface area contributed by atoms with E-state index in [1.165, 1.54) is 12.4 Å². The Balaban J connectivity index is 1.53. The summed E-state index contributed by atoms with van der Waals surface area (Å²) in [6, 6.07) is 7.01. The van der Waals surface area contributed by atoms with E-state index in [0.717, 1.165) is 5.56 Å². The zero-order valence-electron chi connectivity index (χ0n) is 13.8. The molecule has 3 aromatic rings. The molecule has 1 amide bonds. The van der Waals surface area contributed by atoms with Crippen LogP contribution in [0.2, 0.25) is 10.0 Å². The predicted molar refractivity (Wildman–Crippen MR) is 99.9 cm³/mol. The minimum absolute atomic E-state index is 0.178. The number of rotatable bonds is 6. The van der Waals surface area contributed by atoms with Crippen molar-refractivity contribution in [3.8, 4) is 0 Å². The molecule has 2 aromatic heterocycles. The molecule has 2 heterocycles. The molecular weight excluding hydrogens is 377 g/mol. The SMILES string of the molecule is Cc1cc(NC(=O)c2cnc(NCCc3ccc(Cl)cc3Cl)cn2)no1. The Morgan fingerprint density at radius 2 is 2.00 bits per heavy atom. The molecule has 0 atom stereocenters. The van der Waals surface area contributed by atoms with Gasteiger partial charge in [0.1, 0.15) is 17.3 Å². The average Bonchev–Trinajstić information content (AvgIpc) is 3.02. The normalized spacial score (nSPS) is 10.6. The van der Waals surface area contributed by atoms with Crippen LogP contribution in [0.25, 0.3) is 0 Å². The summed E-state index contributed by atoms with van der Waals surface area (Å²) in [7, 11) is 0. The van der Waals surface area contributed by atoms with E-state index in [4.69, 9.17) is 27.7 Å². The fourth-order valence-electron chi connectivity index (χ4n) is 2.19. The Hall–Kier alpha value is -2.64. The van der Waals surface area contributed by atoms with Crippen LogP contribution < -0.4 is 10.6 Å². The summed E-state index contributed by atoms with van der Waals surface area (Å²) < 4.78 is 4.89. The van der Waals surface area contributed by atoms with E-state index in [2.05, 4.69) is 25.8 Å². The van der Waals surface area contributed by atoms with Crippen LogP contribution in [0.5, 0.6) is 0 Å². The highest BCUT2D eigenvalue weighted by Gasteiger charge is 2.11. The van der Waals surface area contributed by atoms with Crippen molar-refractivity contribution >= 4 is 40.7 Å². The molecule has 0 aliphatic rings. The van der Waals surface area contributed by atoms with Gasteiger partial charge in [-0.1, -0.05) is 34.4 Å². The van der Waals surface area contributed by atoms with Gasteiger partial charge in [0.15, 0.2) is 5.82 Å². The fourth-order valence-corrected chi connectivity index (χ4v) is 2.69. The fraction of sp³-hybridized carbons (Fsp3) is 0.176. The topological polar surface area (TPSA) is 92.9 Å². The van der Waals surface area contributed by atoms with Crippen molar-refractivity contribution in [1.82, 2.24) is 15.1 Å². The van der Waals surface area contributed by atoms with Gasteiger partial charge in [0.2, 0.25) is 0 Å². The van der Waals surface area contributed by atoms with E-state index < -0.39 is 5.91 Å². The van der Waals surface area contributed by atoms with Crippen molar-refractivity contribution < 1.29 is 9.32 Å². The van der Waals surface area contributed by atoms with E-state index in [1.54, 1.807) is 25.1 Å². The summed E-state index contributed by atoms with van der Waals surface area (Å²) >= 11 is 12.0. The Morgan fingerprint density at radius 1 is 1.15 bits per heavy atom. The Morgan fingerprint density at radius 3 is 2.65 bits per heavy atom. The first-order chi connectivity index (χ1) is 12.5. The lowest BCUT2D eigenvalue weighted by molar-refractivity contribution is 0.102. The molecule has 134 valence electrons. The molecule has 1 aromatic carbocycles. The number of nitrogens with one attached hydrogen (secondary N) is 2. The van der Waals surface area contributed by atoms with Crippen LogP contribution in [-0.2, 0) is 6.42 Å². The Labute approximate surface area is 159 Å². The van der Waals surface area contributed by atoms with Crippen LogP contribution in [-0.4, -0.2) is 27.6 Å². The number of carbonyl (C=O) groups excluding carboxylic acids is 1. The van der Waals surface area contributed by atoms with Gasteiger partial charge in [0, 0.05) is 22.7 Å². The maximum atomic E-state index is 12.1. The van der Waals surface area contributed by atoms with Crippen LogP contribution in [0.15, 0.2) is 41.2 Å². The third kappa shape index (κ3) is 4.71. The zero-order chi connectivity index (χ0) is 18.5. The molecule has 0 bridgehead atoms. The van der Waals surface area contributed by atoms with Crippen molar-refractivity contribution in [3.05, 3.63) is 63.7 Å². The lowest BCUT2D eigenvalue weighted by atomic mass is 10.1. The lowest BCUT2D eigenvalue weighted by Crippen LogP contribution is -2.15. The number of nitrogens with zero attached hydrogens (tertiary/aromatic N) is 3. The largest absolute Gasteiger partial charge is 0.368 e. The van der Waals surface area contributed by atoms with Gasteiger partial charge in [-0.3, -0.25) is 4.79 Å². The summed E-state index contributed by atoms with van der Waals surface area (Å²) in [4.78, 5) is 20.3. The number of halogens is 2. The molecular formula is C17H15Cl2N5O2. The molecule has 2 N–H and O–H groups in total. The summed E-state index contributed by atoms with van der Waals surface area (Å²) in [5, 5.41) is 10.6. The first-order valence-electron chi connectivity index (χ1n) is 7.76. The minimum atomic E-state index is -0.412. The number of benzene rings is 1. The number of aromatic nitrogens is 3. The third-order valence-corrected chi connectivity index (χ3v) is 4.06. The maximum absolute atomic E-state index is 12.1. The number of carbonyl (C=O) groups is 1. The van der Waals surface area contributed by atoms with E-state index in [-0.39, 0.29) is 5.69 Å². The summed E-state index contributed by atoms with van der Waals surface area (Å²) in [6.45, 7) is 2.35. The van der Waals surface area contributed by atoms with Gasteiger partial charge >= 0.3 is 0 Å². The first-order valence-corrected chi connectivity index (χ1v) is 8.51. The van der Waals surface area contributed by atoms with E-state index in [0.29, 0.717) is 40.4 Å². The molecule has 9 heteroatoms. The highest BCUT2D eigenvalue weighted by atomic mass is 35.5. The zero-order valence-corrected chi connectivity index (χ0v) is 15.3. The van der Waals surface area contributed by atoms with Crippen LogP contribution in [0, 0.1) is 6.92 Å². The second kappa shape index (κ2) is 8.16. The molecule has 3 rings (SSSR count). The summed E-state index contributed by atoms with van der Waals surface area (Å²) in [5.41, 5.74) is 1.16. The monoisotopic (exact) mass is 391 g/mol. The van der Waals surface area contributed by atoms with Crippen molar-refractivity contribution in [2.24, 2.45) is 0 Å². The van der Waals surface area contributed by atoms with E-state index in [1.807, 2.05) is 6.07 Å². The van der Waals surface area contributed by atoms with Crippen molar-refractivity contribution in [3.63, 3.8) is 0 Å². The molecule has 0 saturated carbocycles. The predicted octanol–water partition coefficient (Wildman–Crippen LogP) is 3.99. The van der Waals surface area contributed by atoms with Crippen LogP contribution in [0.1, 0.15) is 21.8 Å². The van der Waals surface area contributed by atoms with Gasteiger partial charge in [-0.25, -0.2) is 9.97 Å². The smallest absolute Gasteiger partial charge is 0.277 e. The van der Waals surface area contributed by atoms with Crippen LogP contribution >= 0.6 is 23.2 Å². The van der Waals surface area contributed by atoms with Crippen LogP contribution in [0.4, 0.5) is 11.6 Å². The van der Waals surface area contributed by atoms with E-state index in [9.17, 15) is 4.79 Å². The van der Waals surface area contributed by atoms with Crippen LogP contribution in [0.3, 0.4) is 0 Å². The Bertz CT molecular complexity index is 912. The summed E-state index contributed by atoms with van der Waals surface area (Å²) in [6.07, 6.45) is 3.58. The average molecular weight is 392 g/mol. The van der Waals surface area contributed by atoms with Gasteiger partial charge in [-0.2, -0.15) is 0 Å². The standard InChI is InChI=1S/C17H15Cl2N5O2/c1-10-6-15(24-26-10)23-17(25)14-8-22-16(9-21-14)20-5-4-11-2-3-12(18)7-13(11)19/h2-3,6-9H,4-5H2,1H3,(H,20,22)(H,23,24,25). The molecule has 26 heavy (non-hydrogen) atoms. The van der Waals surface area contributed by atoms with Crippen molar-refractivity contribution in [2.45, 2.75) is 13.3 Å². The van der Waals surface area contributed by atoms with E-state index >= 15 is 0 Å². The van der Waals surface area contributed by atoms with Gasteiger partial charge in [0.05, 0.1) is 12.4 Å². The molecule has 0 aliphatic heterocycles. The quantitative estimate of drug-likeness (QED) is 0.659. The molecule has 0 unspecified atom stereocenters. The maximum Gasteiger partial charge on any atom is 0.277 e. The highest BCUT2D eigenvalue weighted by molar-refractivity contribution is 6.35. The Kier molecular flexibility index (Phi) is 5.70. The molecule has 0 fully saturated rings. The molecule has 0 radical (unpaired) electrons. The number of amides is 1. The number of hydrogen-bond donors (Lipinski definition) is 2. The highest BCUT2D eigenvalue weighted by Crippen LogP contribution is 2.21.